The predicted molar refractivity (Wildman–Crippen MR) is 100 cm³/mol. The smallest absolute Gasteiger partial charge is 0.274 e. The van der Waals surface area contributed by atoms with E-state index in [1.165, 1.54) is 19.1 Å². The van der Waals surface area contributed by atoms with Crippen molar-refractivity contribution in [1.82, 2.24) is 10.3 Å². The maximum atomic E-state index is 12.8. The number of aromatic nitrogens is 1. The van der Waals surface area contributed by atoms with Crippen LogP contribution in [0.1, 0.15) is 67.9 Å². The van der Waals surface area contributed by atoms with Crippen molar-refractivity contribution in [1.29, 1.82) is 0 Å². The molecule has 2 aliphatic carbocycles. The van der Waals surface area contributed by atoms with Gasteiger partial charge in [0.2, 0.25) is 0 Å². The molecule has 1 N–H and O–H groups in total. The standard InChI is InChI=1S/C19H28N2O4S/c1-19(2,8-9-26(3,23)24)21-18(22)17-16(25-12-13-4-5-13)10-15(11-20-17)14-6-7-14/h10-11,13-14H,4-9,12H2,1-3H3,(H,21,22). The summed E-state index contributed by atoms with van der Waals surface area (Å²) < 4.78 is 28.7. The van der Waals surface area contributed by atoms with Gasteiger partial charge in [0, 0.05) is 18.0 Å². The molecule has 2 saturated carbocycles. The number of rotatable bonds is 9. The van der Waals surface area contributed by atoms with E-state index in [9.17, 15) is 13.2 Å². The summed E-state index contributed by atoms with van der Waals surface area (Å²) in [5.74, 6) is 1.37. The predicted octanol–water partition coefficient (Wildman–Crippen LogP) is 2.69. The van der Waals surface area contributed by atoms with Crippen LogP contribution in [0.15, 0.2) is 12.3 Å². The van der Waals surface area contributed by atoms with Crippen LogP contribution in [0.25, 0.3) is 0 Å². The number of hydrogen-bond acceptors (Lipinski definition) is 5. The Kier molecular flexibility index (Phi) is 5.28. The Morgan fingerprint density at radius 1 is 1.31 bits per heavy atom. The number of carbonyl (C=O) groups is 1. The van der Waals surface area contributed by atoms with E-state index in [-0.39, 0.29) is 17.4 Å². The summed E-state index contributed by atoms with van der Waals surface area (Å²) in [5.41, 5.74) is 0.760. The highest BCUT2D eigenvalue weighted by molar-refractivity contribution is 7.90. The Morgan fingerprint density at radius 3 is 2.58 bits per heavy atom. The fraction of sp³-hybridized carbons (Fsp3) is 0.684. The number of carbonyl (C=O) groups excluding carboxylic acids is 1. The van der Waals surface area contributed by atoms with E-state index in [1.807, 2.05) is 19.9 Å². The Labute approximate surface area is 155 Å². The zero-order chi connectivity index (χ0) is 18.9. The van der Waals surface area contributed by atoms with Crippen LogP contribution in [-0.4, -0.2) is 43.5 Å². The van der Waals surface area contributed by atoms with Crippen LogP contribution in [0.4, 0.5) is 0 Å². The van der Waals surface area contributed by atoms with Gasteiger partial charge in [-0.2, -0.15) is 0 Å². The molecule has 0 radical (unpaired) electrons. The molecule has 0 aliphatic heterocycles. The average Bonchev–Trinajstić information content (AvgIpc) is 3.44. The summed E-state index contributed by atoms with van der Waals surface area (Å²) in [6, 6.07) is 1.95. The number of pyridine rings is 1. The minimum absolute atomic E-state index is 0.0271. The minimum Gasteiger partial charge on any atom is -0.491 e. The third-order valence-corrected chi connectivity index (χ3v) is 5.80. The third kappa shape index (κ3) is 5.69. The first-order valence-corrected chi connectivity index (χ1v) is 11.3. The molecule has 1 aromatic heterocycles. The lowest BCUT2D eigenvalue weighted by Crippen LogP contribution is -2.45. The van der Waals surface area contributed by atoms with Crippen molar-refractivity contribution < 1.29 is 17.9 Å². The van der Waals surface area contributed by atoms with Crippen molar-refractivity contribution >= 4 is 15.7 Å². The molecule has 1 aromatic rings. The Balaban J connectivity index is 1.71. The molecule has 7 heteroatoms. The van der Waals surface area contributed by atoms with E-state index in [0.29, 0.717) is 30.6 Å². The van der Waals surface area contributed by atoms with E-state index in [1.54, 1.807) is 6.20 Å². The van der Waals surface area contributed by atoms with Gasteiger partial charge in [0.05, 0.1) is 12.4 Å². The van der Waals surface area contributed by atoms with Crippen LogP contribution in [0.5, 0.6) is 5.75 Å². The van der Waals surface area contributed by atoms with Crippen LogP contribution in [-0.2, 0) is 9.84 Å². The van der Waals surface area contributed by atoms with Gasteiger partial charge in [-0.05, 0) is 69.4 Å². The molecule has 26 heavy (non-hydrogen) atoms. The van der Waals surface area contributed by atoms with E-state index in [0.717, 1.165) is 18.4 Å². The topological polar surface area (TPSA) is 85.4 Å². The second-order valence-electron chi connectivity index (χ2n) is 8.36. The average molecular weight is 381 g/mol. The van der Waals surface area contributed by atoms with E-state index >= 15 is 0 Å². The molecule has 1 heterocycles. The Bertz CT molecular complexity index is 781. The first-order chi connectivity index (χ1) is 12.1. The van der Waals surface area contributed by atoms with Gasteiger partial charge < -0.3 is 10.1 Å². The van der Waals surface area contributed by atoms with Gasteiger partial charge in [0.25, 0.3) is 5.91 Å². The molecular weight excluding hydrogens is 352 g/mol. The van der Waals surface area contributed by atoms with Gasteiger partial charge in [-0.25, -0.2) is 13.4 Å². The van der Waals surface area contributed by atoms with Crippen LogP contribution in [0, 0.1) is 5.92 Å². The lowest BCUT2D eigenvalue weighted by molar-refractivity contribution is 0.0901. The number of nitrogens with one attached hydrogen (secondary N) is 1. The second kappa shape index (κ2) is 7.18. The highest BCUT2D eigenvalue weighted by Gasteiger charge is 2.29. The summed E-state index contributed by atoms with van der Waals surface area (Å²) in [6.07, 6.45) is 7.98. The third-order valence-electron chi connectivity index (χ3n) is 4.86. The first-order valence-electron chi connectivity index (χ1n) is 9.26. The lowest BCUT2D eigenvalue weighted by Gasteiger charge is -2.26. The molecule has 0 saturated heterocycles. The van der Waals surface area contributed by atoms with Crippen molar-refractivity contribution in [2.45, 2.75) is 57.4 Å². The zero-order valence-corrected chi connectivity index (χ0v) is 16.6. The maximum absolute atomic E-state index is 12.8. The quantitative estimate of drug-likeness (QED) is 0.712. The highest BCUT2D eigenvalue weighted by Crippen LogP contribution is 2.41. The monoisotopic (exact) mass is 380 g/mol. The fourth-order valence-corrected chi connectivity index (χ4v) is 3.62. The molecule has 3 rings (SSSR count). The molecule has 0 aromatic carbocycles. The van der Waals surface area contributed by atoms with Gasteiger partial charge in [-0.1, -0.05) is 0 Å². The van der Waals surface area contributed by atoms with Crippen LogP contribution >= 0.6 is 0 Å². The molecule has 2 aliphatic rings. The number of hydrogen-bond donors (Lipinski definition) is 1. The van der Waals surface area contributed by atoms with Crippen molar-refractivity contribution in [2.75, 3.05) is 18.6 Å². The van der Waals surface area contributed by atoms with Gasteiger partial charge in [0.1, 0.15) is 9.84 Å². The van der Waals surface area contributed by atoms with Crippen LogP contribution in [0.2, 0.25) is 0 Å². The number of sulfone groups is 1. The normalized spacial score (nSPS) is 17.8. The maximum Gasteiger partial charge on any atom is 0.274 e. The van der Waals surface area contributed by atoms with Gasteiger partial charge >= 0.3 is 0 Å². The summed E-state index contributed by atoms with van der Waals surface area (Å²) in [5, 5.41) is 2.91. The molecule has 0 atom stereocenters. The van der Waals surface area contributed by atoms with Gasteiger partial charge in [-0.3, -0.25) is 4.79 Å². The van der Waals surface area contributed by atoms with Crippen molar-refractivity contribution in [3.63, 3.8) is 0 Å². The number of ether oxygens (including phenoxy) is 1. The highest BCUT2D eigenvalue weighted by atomic mass is 32.2. The summed E-state index contributed by atoms with van der Waals surface area (Å²) in [7, 11) is -3.08. The summed E-state index contributed by atoms with van der Waals surface area (Å²) >= 11 is 0. The molecule has 144 valence electrons. The molecular formula is C19H28N2O4S. The molecule has 0 spiro atoms. The number of amides is 1. The zero-order valence-electron chi connectivity index (χ0n) is 15.7. The fourth-order valence-electron chi connectivity index (χ4n) is 2.74. The van der Waals surface area contributed by atoms with Gasteiger partial charge in [0.15, 0.2) is 11.4 Å². The molecule has 6 nitrogen and oxygen atoms in total. The summed E-state index contributed by atoms with van der Waals surface area (Å²) in [6.45, 7) is 4.26. The van der Waals surface area contributed by atoms with E-state index in [2.05, 4.69) is 10.3 Å². The van der Waals surface area contributed by atoms with Crippen LogP contribution < -0.4 is 10.1 Å². The molecule has 1 amide bonds. The van der Waals surface area contributed by atoms with E-state index < -0.39 is 15.4 Å². The van der Waals surface area contributed by atoms with Crippen molar-refractivity contribution in [3.8, 4) is 5.75 Å². The lowest BCUT2D eigenvalue weighted by atomic mass is 10.0. The first kappa shape index (κ1) is 19.1. The van der Waals surface area contributed by atoms with Crippen molar-refractivity contribution in [2.24, 2.45) is 5.92 Å². The molecule has 0 unspecified atom stereocenters. The number of nitrogens with zero attached hydrogens (tertiary/aromatic N) is 1. The SMILES string of the molecule is CC(C)(CCS(C)(=O)=O)NC(=O)c1ncc(C2CC2)cc1OCC1CC1. The minimum atomic E-state index is -3.08. The molecule has 2 fully saturated rings. The van der Waals surface area contributed by atoms with Gasteiger partial charge in [-0.15, -0.1) is 0 Å². The van der Waals surface area contributed by atoms with E-state index in [4.69, 9.17) is 4.74 Å². The largest absolute Gasteiger partial charge is 0.491 e. The summed E-state index contributed by atoms with van der Waals surface area (Å²) in [4.78, 5) is 17.1. The second-order valence-corrected chi connectivity index (χ2v) is 10.6. The van der Waals surface area contributed by atoms with Crippen LogP contribution in [0.3, 0.4) is 0 Å². The Hall–Kier alpha value is -1.63. The van der Waals surface area contributed by atoms with Crippen molar-refractivity contribution in [3.05, 3.63) is 23.5 Å². The Morgan fingerprint density at radius 2 is 2.00 bits per heavy atom. The molecule has 0 bridgehead atoms.